The molecule has 0 radical (unpaired) electrons. The van der Waals surface area contributed by atoms with Crippen LogP contribution < -0.4 is 0 Å². The highest BCUT2D eigenvalue weighted by molar-refractivity contribution is 5.32. The van der Waals surface area contributed by atoms with Gasteiger partial charge in [-0.1, -0.05) is 61.0 Å². The quantitative estimate of drug-likeness (QED) is 0.787. The van der Waals surface area contributed by atoms with Gasteiger partial charge in [0.15, 0.2) is 0 Å². The minimum atomic E-state index is -0.0626. The number of benzene rings is 2. The van der Waals surface area contributed by atoms with Crippen molar-refractivity contribution in [3.05, 3.63) is 70.8 Å². The molecule has 0 aliphatic carbocycles. The van der Waals surface area contributed by atoms with E-state index in [0.29, 0.717) is 0 Å². The van der Waals surface area contributed by atoms with Crippen molar-refractivity contribution < 1.29 is 0 Å². The maximum atomic E-state index is 9.38. The minimum Gasteiger partial charge on any atom is -0.198 e. The Bertz CT molecular complexity index is 575. The largest absolute Gasteiger partial charge is 0.198 e. The topological polar surface area (TPSA) is 23.8 Å². The molecule has 96 valence electrons. The van der Waals surface area contributed by atoms with Crippen molar-refractivity contribution in [2.75, 3.05) is 0 Å². The van der Waals surface area contributed by atoms with E-state index in [1.807, 2.05) is 12.1 Å². The van der Waals surface area contributed by atoms with Crippen molar-refractivity contribution in [1.82, 2.24) is 0 Å². The Morgan fingerprint density at radius 3 is 2.32 bits per heavy atom. The summed E-state index contributed by atoms with van der Waals surface area (Å²) in [6, 6.07) is 19.2. The zero-order chi connectivity index (χ0) is 13.7. The number of hydrogen-bond acceptors (Lipinski definition) is 1. The molecule has 0 aromatic heterocycles. The van der Waals surface area contributed by atoms with Crippen LogP contribution in [0.1, 0.15) is 35.1 Å². The van der Waals surface area contributed by atoms with Crippen LogP contribution in [0.25, 0.3) is 0 Å². The molecule has 0 heterocycles. The monoisotopic (exact) mass is 249 g/mol. The molecular formula is C18H19N. The highest BCUT2D eigenvalue weighted by atomic mass is 14.3. The number of nitrogens with zero attached hydrogens (tertiary/aromatic N) is 1. The van der Waals surface area contributed by atoms with Gasteiger partial charge in [-0.3, -0.25) is 0 Å². The first-order chi connectivity index (χ1) is 9.22. The molecule has 2 rings (SSSR count). The van der Waals surface area contributed by atoms with E-state index >= 15 is 0 Å². The number of rotatable bonds is 4. The SMILES string of the molecule is CCc1ccc(CC(C#N)c2cccc(C)c2)cc1. The van der Waals surface area contributed by atoms with Gasteiger partial charge < -0.3 is 0 Å². The van der Waals surface area contributed by atoms with E-state index in [-0.39, 0.29) is 5.92 Å². The summed E-state index contributed by atoms with van der Waals surface area (Å²) >= 11 is 0. The van der Waals surface area contributed by atoms with Gasteiger partial charge in [0.2, 0.25) is 0 Å². The molecule has 2 aromatic rings. The molecule has 1 atom stereocenters. The van der Waals surface area contributed by atoms with Crippen LogP contribution in [0.2, 0.25) is 0 Å². The Kier molecular flexibility index (Phi) is 4.36. The first-order valence-electron chi connectivity index (χ1n) is 6.77. The van der Waals surface area contributed by atoms with E-state index in [1.54, 1.807) is 0 Å². The summed E-state index contributed by atoms with van der Waals surface area (Å²) in [5, 5.41) is 9.38. The van der Waals surface area contributed by atoms with Crippen molar-refractivity contribution in [3.63, 3.8) is 0 Å². The van der Waals surface area contributed by atoms with Crippen molar-refractivity contribution >= 4 is 0 Å². The first kappa shape index (κ1) is 13.4. The lowest BCUT2D eigenvalue weighted by Crippen LogP contribution is -2.01. The van der Waals surface area contributed by atoms with Crippen LogP contribution in [-0.2, 0) is 12.8 Å². The lowest BCUT2D eigenvalue weighted by molar-refractivity contribution is 0.847. The summed E-state index contributed by atoms with van der Waals surface area (Å²) in [5.41, 5.74) is 4.89. The summed E-state index contributed by atoms with van der Waals surface area (Å²) in [7, 11) is 0. The molecule has 0 saturated heterocycles. The Morgan fingerprint density at radius 1 is 1.05 bits per heavy atom. The summed E-state index contributed by atoms with van der Waals surface area (Å²) in [5.74, 6) is -0.0626. The molecule has 0 bridgehead atoms. The molecule has 0 spiro atoms. The second-order valence-corrected chi connectivity index (χ2v) is 4.97. The van der Waals surface area contributed by atoms with Crippen molar-refractivity contribution in [3.8, 4) is 6.07 Å². The lowest BCUT2D eigenvalue weighted by atomic mass is 9.92. The molecule has 0 fully saturated rings. The smallest absolute Gasteiger partial charge is 0.0753 e. The van der Waals surface area contributed by atoms with Gasteiger partial charge in [0.25, 0.3) is 0 Å². The van der Waals surface area contributed by atoms with Crippen LogP contribution in [0.4, 0.5) is 0 Å². The standard InChI is InChI=1S/C18H19N/c1-3-15-7-9-16(10-8-15)12-18(13-19)17-6-4-5-14(2)11-17/h4-11,18H,3,12H2,1-2H3. The van der Waals surface area contributed by atoms with Crippen molar-refractivity contribution in [1.29, 1.82) is 5.26 Å². The maximum absolute atomic E-state index is 9.38. The van der Waals surface area contributed by atoms with Gasteiger partial charge in [-0.05, 0) is 36.5 Å². The van der Waals surface area contributed by atoms with Crippen LogP contribution in [0.15, 0.2) is 48.5 Å². The third-order valence-electron chi connectivity index (χ3n) is 3.47. The average Bonchev–Trinajstić information content (AvgIpc) is 2.45. The van der Waals surface area contributed by atoms with Crippen LogP contribution in [0.5, 0.6) is 0 Å². The van der Waals surface area contributed by atoms with E-state index in [2.05, 4.69) is 56.3 Å². The molecule has 0 aliphatic rings. The van der Waals surface area contributed by atoms with Crippen LogP contribution >= 0.6 is 0 Å². The summed E-state index contributed by atoms with van der Waals surface area (Å²) in [4.78, 5) is 0. The zero-order valence-electron chi connectivity index (χ0n) is 11.6. The molecule has 0 saturated carbocycles. The van der Waals surface area contributed by atoms with Gasteiger partial charge in [-0.15, -0.1) is 0 Å². The predicted octanol–water partition coefficient (Wildman–Crippen LogP) is 4.41. The summed E-state index contributed by atoms with van der Waals surface area (Å²) < 4.78 is 0. The zero-order valence-corrected chi connectivity index (χ0v) is 11.6. The second-order valence-electron chi connectivity index (χ2n) is 4.97. The first-order valence-corrected chi connectivity index (χ1v) is 6.77. The van der Waals surface area contributed by atoms with Crippen LogP contribution in [0, 0.1) is 18.3 Å². The fourth-order valence-corrected chi connectivity index (χ4v) is 2.27. The number of nitriles is 1. The van der Waals surface area contributed by atoms with Crippen LogP contribution in [0.3, 0.4) is 0 Å². The van der Waals surface area contributed by atoms with Crippen LogP contribution in [-0.4, -0.2) is 0 Å². The third-order valence-corrected chi connectivity index (χ3v) is 3.47. The lowest BCUT2D eigenvalue weighted by Gasteiger charge is -2.10. The molecule has 1 heteroatoms. The molecular weight excluding hydrogens is 230 g/mol. The molecule has 1 unspecified atom stereocenters. The van der Waals surface area contributed by atoms with Gasteiger partial charge in [-0.25, -0.2) is 0 Å². The van der Waals surface area contributed by atoms with Gasteiger partial charge in [0.05, 0.1) is 12.0 Å². The molecule has 0 aliphatic heterocycles. The van der Waals surface area contributed by atoms with Crippen molar-refractivity contribution in [2.45, 2.75) is 32.6 Å². The molecule has 0 amide bonds. The Balaban J connectivity index is 2.17. The Labute approximate surface area is 115 Å². The highest BCUT2D eigenvalue weighted by Crippen LogP contribution is 2.21. The second kappa shape index (κ2) is 6.20. The van der Waals surface area contributed by atoms with E-state index in [9.17, 15) is 5.26 Å². The fourth-order valence-electron chi connectivity index (χ4n) is 2.27. The van der Waals surface area contributed by atoms with E-state index in [0.717, 1.165) is 18.4 Å². The normalized spacial score (nSPS) is 11.8. The maximum Gasteiger partial charge on any atom is 0.0753 e. The van der Waals surface area contributed by atoms with E-state index in [1.165, 1.54) is 16.7 Å². The van der Waals surface area contributed by atoms with Crippen molar-refractivity contribution in [2.24, 2.45) is 0 Å². The number of aryl methyl sites for hydroxylation is 2. The minimum absolute atomic E-state index is 0.0626. The Hall–Kier alpha value is -2.07. The van der Waals surface area contributed by atoms with Gasteiger partial charge in [-0.2, -0.15) is 5.26 Å². The fraction of sp³-hybridized carbons (Fsp3) is 0.278. The van der Waals surface area contributed by atoms with Gasteiger partial charge in [0, 0.05) is 0 Å². The van der Waals surface area contributed by atoms with Gasteiger partial charge in [0.1, 0.15) is 0 Å². The summed E-state index contributed by atoms with van der Waals surface area (Å²) in [6.45, 7) is 4.22. The third kappa shape index (κ3) is 3.45. The highest BCUT2D eigenvalue weighted by Gasteiger charge is 2.11. The molecule has 1 nitrogen and oxygen atoms in total. The average molecular weight is 249 g/mol. The summed E-state index contributed by atoms with van der Waals surface area (Å²) in [6.07, 6.45) is 1.84. The van der Waals surface area contributed by atoms with E-state index in [4.69, 9.17) is 0 Å². The number of hydrogen-bond donors (Lipinski definition) is 0. The predicted molar refractivity (Wildman–Crippen MR) is 79.1 cm³/mol. The Morgan fingerprint density at radius 2 is 1.74 bits per heavy atom. The molecule has 19 heavy (non-hydrogen) atoms. The molecule has 2 aromatic carbocycles. The van der Waals surface area contributed by atoms with E-state index < -0.39 is 0 Å². The van der Waals surface area contributed by atoms with Gasteiger partial charge >= 0.3 is 0 Å². The molecule has 0 N–H and O–H groups in total.